The minimum atomic E-state index is -3.08. The number of guanidine groups is 1. The maximum absolute atomic E-state index is 11.4. The topological polar surface area (TPSA) is 85.0 Å². The van der Waals surface area contributed by atoms with E-state index >= 15 is 0 Å². The molecule has 1 aliphatic rings. The summed E-state index contributed by atoms with van der Waals surface area (Å²) in [5.74, 6) is 0.381. The zero-order chi connectivity index (χ0) is 12.7. The summed E-state index contributed by atoms with van der Waals surface area (Å²) in [7, 11) is -3.08. The normalized spacial score (nSPS) is 17.1. The molecule has 0 amide bonds. The number of hydrogen-bond donors (Lipinski definition) is 1. The summed E-state index contributed by atoms with van der Waals surface area (Å²) < 4.78 is 27.9. The van der Waals surface area contributed by atoms with Crippen molar-refractivity contribution >= 4 is 39.8 Å². The Hall–Kier alpha value is -0.350. The van der Waals surface area contributed by atoms with Crippen LogP contribution in [0.25, 0.3) is 0 Å². The minimum absolute atomic E-state index is 0. The van der Waals surface area contributed by atoms with Crippen molar-refractivity contribution in [3.05, 3.63) is 12.7 Å². The number of sulfone groups is 1. The van der Waals surface area contributed by atoms with Crippen molar-refractivity contribution in [3.63, 3.8) is 0 Å². The van der Waals surface area contributed by atoms with Crippen molar-refractivity contribution < 1.29 is 13.2 Å². The standard InChI is InChI=1S/C10H19N3O3S.HI/c1-2-8-17(14,15)9-3-12-10(11)13-4-6-16-7-5-13;/h2H,1,3-9H2,(H2,11,12);1H. The lowest BCUT2D eigenvalue weighted by Gasteiger charge is -2.27. The van der Waals surface area contributed by atoms with Gasteiger partial charge in [-0.3, -0.25) is 4.99 Å². The SMILES string of the molecule is C=CCS(=O)(=O)CCN=C(N)N1CCOCC1.I. The maximum atomic E-state index is 11.4. The number of rotatable bonds is 5. The smallest absolute Gasteiger partial charge is 0.191 e. The molecule has 6 nitrogen and oxygen atoms in total. The van der Waals surface area contributed by atoms with Gasteiger partial charge in [0.05, 0.1) is 31.3 Å². The molecule has 1 fully saturated rings. The van der Waals surface area contributed by atoms with Gasteiger partial charge in [0, 0.05) is 13.1 Å². The summed E-state index contributed by atoms with van der Waals surface area (Å²) in [6, 6.07) is 0. The number of halogens is 1. The molecule has 106 valence electrons. The van der Waals surface area contributed by atoms with Gasteiger partial charge < -0.3 is 15.4 Å². The molecule has 0 aromatic rings. The van der Waals surface area contributed by atoms with Gasteiger partial charge >= 0.3 is 0 Å². The molecule has 0 bridgehead atoms. The predicted octanol–water partition coefficient (Wildman–Crippen LogP) is -0.148. The molecule has 0 radical (unpaired) electrons. The number of morpholine rings is 1. The summed E-state index contributed by atoms with van der Waals surface area (Å²) in [5.41, 5.74) is 5.76. The predicted molar refractivity (Wildman–Crippen MR) is 83.1 cm³/mol. The van der Waals surface area contributed by atoms with E-state index in [-0.39, 0.29) is 42.0 Å². The van der Waals surface area contributed by atoms with Crippen LogP contribution < -0.4 is 5.73 Å². The molecular weight excluding hydrogens is 369 g/mol. The zero-order valence-corrected chi connectivity index (χ0v) is 13.4. The number of nitrogens with two attached hydrogens (primary N) is 1. The van der Waals surface area contributed by atoms with Crippen LogP contribution in [0.3, 0.4) is 0 Å². The molecule has 0 unspecified atom stereocenters. The zero-order valence-electron chi connectivity index (χ0n) is 10.2. The van der Waals surface area contributed by atoms with Crippen molar-refractivity contribution in [2.75, 3.05) is 44.4 Å². The van der Waals surface area contributed by atoms with Crippen LogP contribution >= 0.6 is 24.0 Å². The maximum Gasteiger partial charge on any atom is 0.191 e. The van der Waals surface area contributed by atoms with Gasteiger partial charge in [-0.2, -0.15) is 0 Å². The molecule has 8 heteroatoms. The first-order chi connectivity index (χ1) is 8.05. The second-order valence-electron chi connectivity index (χ2n) is 3.74. The molecule has 18 heavy (non-hydrogen) atoms. The molecule has 0 aliphatic carbocycles. The highest BCUT2D eigenvalue weighted by Gasteiger charge is 2.12. The highest BCUT2D eigenvalue weighted by molar-refractivity contribution is 14.0. The minimum Gasteiger partial charge on any atom is -0.378 e. The van der Waals surface area contributed by atoms with Crippen molar-refractivity contribution in [1.82, 2.24) is 4.90 Å². The average molecular weight is 389 g/mol. The van der Waals surface area contributed by atoms with E-state index < -0.39 is 9.84 Å². The fraction of sp³-hybridized carbons (Fsp3) is 0.700. The van der Waals surface area contributed by atoms with E-state index in [2.05, 4.69) is 11.6 Å². The van der Waals surface area contributed by atoms with Gasteiger partial charge in [-0.05, 0) is 0 Å². The molecule has 1 saturated heterocycles. The third kappa shape index (κ3) is 6.55. The van der Waals surface area contributed by atoms with Crippen molar-refractivity contribution in [3.8, 4) is 0 Å². The van der Waals surface area contributed by atoms with E-state index in [1.54, 1.807) is 0 Å². The van der Waals surface area contributed by atoms with Crippen LogP contribution in [-0.2, 0) is 14.6 Å². The molecule has 1 rings (SSSR count). The van der Waals surface area contributed by atoms with Gasteiger partial charge in [-0.15, -0.1) is 30.6 Å². The Morgan fingerprint density at radius 1 is 1.44 bits per heavy atom. The summed E-state index contributed by atoms with van der Waals surface area (Å²) in [5, 5.41) is 0. The van der Waals surface area contributed by atoms with Gasteiger partial charge in [0.2, 0.25) is 0 Å². The van der Waals surface area contributed by atoms with E-state index in [1.165, 1.54) is 6.08 Å². The number of nitrogens with zero attached hydrogens (tertiary/aromatic N) is 2. The van der Waals surface area contributed by atoms with Crippen LogP contribution in [0.1, 0.15) is 0 Å². The fourth-order valence-corrected chi connectivity index (χ4v) is 2.35. The molecule has 0 saturated carbocycles. The molecular formula is C10H20IN3O3S. The lowest BCUT2D eigenvalue weighted by atomic mass is 10.4. The molecule has 1 aliphatic heterocycles. The summed E-state index contributed by atoms with van der Waals surface area (Å²) in [6.45, 7) is 6.26. The van der Waals surface area contributed by atoms with Crippen molar-refractivity contribution in [1.29, 1.82) is 0 Å². The van der Waals surface area contributed by atoms with Crippen LogP contribution in [0.15, 0.2) is 17.6 Å². The van der Waals surface area contributed by atoms with Gasteiger partial charge in [0.25, 0.3) is 0 Å². The molecule has 0 atom stereocenters. The fourth-order valence-electron chi connectivity index (χ4n) is 1.45. The summed E-state index contributed by atoms with van der Waals surface area (Å²) in [4.78, 5) is 5.96. The molecule has 2 N–H and O–H groups in total. The van der Waals surface area contributed by atoms with Gasteiger partial charge in [-0.25, -0.2) is 8.42 Å². The monoisotopic (exact) mass is 389 g/mol. The van der Waals surface area contributed by atoms with Crippen LogP contribution in [0, 0.1) is 0 Å². The number of ether oxygens (including phenoxy) is 1. The van der Waals surface area contributed by atoms with E-state index in [1.807, 2.05) is 4.90 Å². The molecule has 0 aromatic heterocycles. The van der Waals surface area contributed by atoms with Crippen molar-refractivity contribution in [2.24, 2.45) is 10.7 Å². The quantitative estimate of drug-likeness (QED) is 0.306. The molecule has 0 aromatic carbocycles. The highest BCUT2D eigenvalue weighted by atomic mass is 127. The van der Waals surface area contributed by atoms with Gasteiger partial charge in [0.1, 0.15) is 0 Å². The van der Waals surface area contributed by atoms with Gasteiger partial charge in [-0.1, -0.05) is 6.08 Å². The summed E-state index contributed by atoms with van der Waals surface area (Å²) >= 11 is 0. The van der Waals surface area contributed by atoms with Crippen molar-refractivity contribution in [2.45, 2.75) is 0 Å². The van der Waals surface area contributed by atoms with E-state index in [4.69, 9.17) is 10.5 Å². The third-order valence-corrected chi connectivity index (χ3v) is 3.93. The average Bonchev–Trinajstić information content (AvgIpc) is 2.29. The van der Waals surface area contributed by atoms with E-state index in [0.29, 0.717) is 32.3 Å². The van der Waals surface area contributed by atoms with Crippen LogP contribution in [-0.4, -0.2) is 63.6 Å². The second kappa shape index (κ2) is 8.70. The first-order valence-electron chi connectivity index (χ1n) is 5.49. The van der Waals surface area contributed by atoms with E-state index in [9.17, 15) is 8.42 Å². The van der Waals surface area contributed by atoms with E-state index in [0.717, 1.165) is 0 Å². The first kappa shape index (κ1) is 17.6. The molecule has 1 heterocycles. The Morgan fingerprint density at radius 3 is 2.61 bits per heavy atom. The third-order valence-electron chi connectivity index (χ3n) is 2.38. The van der Waals surface area contributed by atoms with Crippen LogP contribution in [0.5, 0.6) is 0 Å². The Morgan fingerprint density at radius 2 is 2.06 bits per heavy atom. The van der Waals surface area contributed by atoms with Crippen LogP contribution in [0.4, 0.5) is 0 Å². The number of hydrogen-bond acceptors (Lipinski definition) is 4. The Balaban J connectivity index is 0.00000289. The molecule has 0 spiro atoms. The first-order valence-corrected chi connectivity index (χ1v) is 7.31. The number of aliphatic imine (C=N–C) groups is 1. The Labute approximate surface area is 125 Å². The van der Waals surface area contributed by atoms with Crippen LogP contribution in [0.2, 0.25) is 0 Å². The Bertz CT molecular complexity index is 378. The largest absolute Gasteiger partial charge is 0.378 e. The highest BCUT2D eigenvalue weighted by Crippen LogP contribution is 1.97. The Kier molecular flexibility index (Phi) is 8.53. The summed E-state index contributed by atoms with van der Waals surface area (Å²) in [6.07, 6.45) is 1.38. The second-order valence-corrected chi connectivity index (χ2v) is 5.97. The lowest BCUT2D eigenvalue weighted by Crippen LogP contribution is -2.45. The van der Waals surface area contributed by atoms with Gasteiger partial charge in [0.15, 0.2) is 15.8 Å². The lowest BCUT2D eigenvalue weighted by molar-refractivity contribution is 0.0674.